The van der Waals surface area contributed by atoms with E-state index in [9.17, 15) is 17.7 Å². The number of hydrogen-bond donors (Lipinski definition) is 2. The van der Waals surface area contributed by atoms with Crippen LogP contribution >= 0.6 is 15.9 Å². The van der Waals surface area contributed by atoms with Crippen molar-refractivity contribution in [2.45, 2.75) is 33.7 Å². The lowest BCUT2D eigenvalue weighted by molar-refractivity contribution is 0.167. The van der Waals surface area contributed by atoms with Crippen LogP contribution < -0.4 is 4.72 Å². The summed E-state index contributed by atoms with van der Waals surface area (Å²) in [6, 6.07) is 23.5. The van der Waals surface area contributed by atoms with E-state index in [4.69, 9.17) is 0 Å². The first-order valence-electron chi connectivity index (χ1n) is 9.67. The molecule has 0 aromatic heterocycles. The molecule has 0 radical (unpaired) electrons. The zero-order valence-electron chi connectivity index (χ0n) is 16.9. The predicted octanol–water partition coefficient (Wildman–Crippen LogP) is 3.95. The summed E-state index contributed by atoms with van der Waals surface area (Å²) in [5, 5.41) is 10.9. The zero-order valence-corrected chi connectivity index (χ0v) is 20.1. The Morgan fingerprint density at radius 1 is 0.935 bits per heavy atom. The lowest BCUT2D eigenvalue weighted by atomic mass is 10.0. The minimum absolute atomic E-state index is 0.00504. The molecular weight excluding hydrogens is 498 g/mol. The summed E-state index contributed by atoms with van der Waals surface area (Å²) in [4.78, 5) is 0.00112. The standard InChI is InChI=1S/C23H24BrNO4S2/c1-17-12-14-20(15-13-17)31(28,29)25-21(16-30(27)19-10-6-3-7-11-19)22(24)23(26)18-8-4-2-5-9-18/h2-15,21-23,25-26H,16H2,1H3/t21?,22-,23+,30?/m1/s1. The summed E-state index contributed by atoms with van der Waals surface area (Å²) in [6.07, 6.45) is -1.00. The maximum absolute atomic E-state index is 13.0. The van der Waals surface area contributed by atoms with E-state index < -0.39 is 37.8 Å². The number of nitrogens with one attached hydrogen (secondary N) is 1. The highest BCUT2D eigenvalue weighted by Crippen LogP contribution is 2.27. The molecule has 3 rings (SSSR count). The number of aliphatic hydroxyl groups excluding tert-OH is 1. The second-order valence-corrected chi connectivity index (χ2v) is 11.4. The first kappa shape index (κ1) is 23.8. The zero-order chi connectivity index (χ0) is 22.4. The summed E-state index contributed by atoms with van der Waals surface area (Å²) in [5.41, 5.74) is 1.58. The summed E-state index contributed by atoms with van der Waals surface area (Å²) in [7, 11) is -5.36. The van der Waals surface area contributed by atoms with Crippen molar-refractivity contribution in [2.75, 3.05) is 5.75 Å². The molecule has 0 saturated heterocycles. The van der Waals surface area contributed by atoms with Gasteiger partial charge in [0.2, 0.25) is 10.0 Å². The maximum atomic E-state index is 13.0. The third-order valence-electron chi connectivity index (χ3n) is 4.80. The molecule has 3 aromatic carbocycles. The summed E-state index contributed by atoms with van der Waals surface area (Å²) < 4.78 is 41.7. The van der Waals surface area contributed by atoms with Crippen molar-refractivity contribution in [1.82, 2.24) is 4.72 Å². The smallest absolute Gasteiger partial charge is 0.240 e. The Morgan fingerprint density at radius 2 is 1.48 bits per heavy atom. The van der Waals surface area contributed by atoms with Crippen molar-refractivity contribution in [3.8, 4) is 0 Å². The molecule has 5 nitrogen and oxygen atoms in total. The van der Waals surface area contributed by atoms with Crippen molar-refractivity contribution in [3.63, 3.8) is 0 Å². The van der Waals surface area contributed by atoms with Gasteiger partial charge in [-0.05, 0) is 36.8 Å². The fraction of sp³-hybridized carbons (Fsp3) is 0.217. The van der Waals surface area contributed by atoms with Gasteiger partial charge in [0.1, 0.15) is 0 Å². The first-order valence-corrected chi connectivity index (χ1v) is 13.4. The largest absolute Gasteiger partial charge is 0.387 e. The van der Waals surface area contributed by atoms with Gasteiger partial charge in [0, 0.05) is 16.7 Å². The molecule has 0 bridgehead atoms. The Labute approximate surface area is 194 Å². The van der Waals surface area contributed by atoms with Gasteiger partial charge in [-0.3, -0.25) is 4.21 Å². The molecule has 8 heteroatoms. The Kier molecular flexibility index (Phi) is 8.18. The number of aryl methyl sites for hydroxylation is 1. The Bertz CT molecular complexity index is 1110. The van der Waals surface area contributed by atoms with Crippen LogP contribution in [-0.4, -0.2) is 34.4 Å². The van der Waals surface area contributed by atoms with Gasteiger partial charge in [0.25, 0.3) is 0 Å². The average Bonchev–Trinajstić information content (AvgIpc) is 2.79. The number of benzene rings is 3. The van der Waals surface area contributed by atoms with Crippen molar-refractivity contribution >= 4 is 36.8 Å². The quantitative estimate of drug-likeness (QED) is 0.417. The molecule has 0 amide bonds. The van der Waals surface area contributed by atoms with E-state index in [1.54, 1.807) is 60.7 Å². The molecule has 0 saturated carbocycles. The Morgan fingerprint density at radius 3 is 2.06 bits per heavy atom. The van der Waals surface area contributed by atoms with E-state index in [2.05, 4.69) is 20.7 Å². The molecule has 4 atom stereocenters. The van der Waals surface area contributed by atoms with E-state index in [1.807, 2.05) is 19.1 Å². The number of hydrogen-bond acceptors (Lipinski definition) is 4. The number of rotatable bonds is 9. The number of halogens is 1. The van der Waals surface area contributed by atoms with E-state index in [1.165, 1.54) is 12.1 Å². The summed E-state index contributed by atoms with van der Waals surface area (Å²) in [6.45, 7) is 1.88. The van der Waals surface area contributed by atoms with Crippen LogP contribution in [0.3, 0.4) is 0 Å². The van der Waals surface area contributed by atoms with Gasteiger partial charge in [-0.15, -0.1) is 0 Å². The number of aliphatic hydroxyl groups is 1. The van der Waals surface area contributed by atoms with Gasteiger partial charge < -0.3 is 5.11 Å². The Hall–Kier alpha value is -1.84. The molecule has 3 aromatic rings. The van der Waals surface area contributed by atoms with Crippen molar-refractivity contribution in [1.29, 1.82) is 0 Å². The van der Waals surface area contributed by atoms with Crippen LogP contribution in [0.5, 0.6) is 0 Å². The van der Waals surface area contributed by atoms with Crippen LogP contribution in [0.15, 0.2) is 94.7 Å². The maximum Gasteiger partial charge on any atom is 0.240 e. The molecule has 0 fully saturated rings. The molecule has 31 heavy (non-hydrogen) atoms. The van der Waals surface area contributed by atoms with E-state index >= 15 is 0 Å². The van der Waals surface area contributed by atoms with Gasteiger partial charge in [0.15, 0.2) is 0 Å². The molecule has 0 aliphatic carbocycles. The van der Waals surface area contributed by atoms with E-state index in [-0.39, 0.29) is 10.6 Å². The molecular formula is C23H24BrNO4S2. The molecule has 0 aliphatic rings. The second kappa shape index (κ2) is 10.7. The number of alkyl halides is 1. The van der Waals surface area contributed by atoms with Gasteiger partial charge in [-0.25, -0.2) is 13.1 Å². The summed E-state index contributed by atoms with van der Waals surface area (Å²) >= 11 is 3.47. The van der Waals surface area contributed by atoms with Crippen LogP contribution in [0.4, 0.5) is 0 Å². The first-order chi connectivity index (χ1) is 14.8. The second-order valence-electron chi connectivity index (χ2n) is 7.17. The lowest BCUT2D eigenvalue weighted by Gasteiger charge is -2.27. The van der Waals surface area contributed by atoms with Gasteiger partial charge in [-0.2, -0.15) is 0 Å². The van der Waals surface area contributed by atoms with Gasteiger partial charge in [-0.1, -0.05) is 82.2 Å². The van der Waals surface area contributed by atoms with Crippen molar-refractivity contribution in [3.05, 3.63) is 96.1 Å². The normalized spacial score (nSPS) is 15.7. The minimum atomic E-state index is -3.89. The predicted molar refractivity (Wildman–Crippen MR) is 127 cm³/mol. The minimum Gasteiger partial charge on any atom is -0.387 e. The van der Waals surface area contributed by atoms with Crippen molar-refractivity contribution < 1.29 is 17.7 Å². The van der Waals surface area contributed by atoms with Crippen LogP contribution in [0.1, 0.15) is 17.2 Å². The van der Waals surface area contributed by atoms with E-state index in [0.717, 1.165) is 5.56 Å². The van der Waals surface area contributed by atoms with Gasteiger partial charge in [0.05, 0.1) is 26.6 Å². The third-order valence-corrected chi connectivity index (χ3v) is 8.91. The molecule has 0 spiro atoms. The highest BCUT2D eigenvalue weighted by Gasteiger charge is 2.32. The highest BCUT2D eigenvalue weighted by molar-refractivity contribution is 9.09. The molecule has 2 N–H and O–H groups in total. The molecule has 0 aliphatic heterocycles. The lowest BCUT2D eigenvalue weighted by Crippen LogP contribution is -2.46. The van der Waals surface area contributed by atoms with Crippen LogP contribution in [0.25, 0.3) is 0 Å². The monoisotopic (exact) mass is 521 g/mol. The van der Waals surface area contributed by atoms with Crippen LogP contribution in [0, 0.1) is 6.92 Å². The SMILES string of the molecule is Cc1ccc(S(=O)(=O)NC(CS(=O)c2ccccc2)[C@@H](Br)[C@@H](O)c2ccccc2)cc1. The summed E-state index contributed by atoms with van der Waals surface area (Å²) in [5.74, 6) is -0.00504. The van der Waals surface area contributed by atoms with Crippen LogP contribution in [-0.2, 0) is 20.8 Å². The van der Waals surface area contributed by atoms with Crippen molar-refractivity contribution in [2.24, 2.45) is 0 Å². The fourth-order valence-electron chi connectivity index (χ4n) is 3.06. The molecule has 0 heterocycles. The third kappa shape index (κ3) is 6.33. The van der Waals surface area contributed by atoms with Crippen LogP contribution in [0.2, 0.25) is 0 Å². The molecule has 2 unspecified atom stereocenters. The number of sulfonamides is 1. The Balaban J connectivity index is 1.89. The highest BCUT2D eigenvalue weighted by atomic mass is 79.9. The van der Waals surface area contributed by atoms with Gasteiger partial charge >= 0.3 is 0 Å². The fourth-order valence-corrected chi connectivity index (χ4v) is 6.74. The molecule has 164 valence electrons. The average molecular weight is 522 g/mol. The van der Waals surface area contributed by atoms with E-state index in [0.29, 0.717) is 10.5 Å². The topological polar surface area (TPSA) is 83.5 Å².